The zero-order chi connectivity index (χ0) is 32.4. The molecule has 4 fully saturated rings. The lowest BCUT2D eigenvalue weighted by Crippen LogP contribution is -2.57. The first-order valence-corrected chi connectivity index (χ1v) is 16.8. The number of aromatic nitrogens is 2. The maximum Gasteiger partial charge on any atom is 0.418 e. The third kappa shape index (κ3) is 5.75. The van der Waals surface area contributed by atoms with Crippen LogP contribution in [0.4, 0.5) is 29.5 Å². The summed E-state index contributed by atoms with van der Waals surface area (Å²) in [7, 11) is 0. The number of fused-ring (bicyclic) bond motifs is 4. The number of aryl methyl sites for hydroxylation is 1. The number of carbonyl (C=O) groups is 1. The molecule has 0 aliphatic carbocycles. The minimum atomic E-state index is -4.47. The Balaban J connectivity index is 1.20. The van der Waals surface area contributed by atoms with Crippen molar-refractivity contribution in [1.29, 1.82) is 0 Å². The molecule has 5 aliphatic heterocycles. The molecule has 1 aromatic heterocycles. The van der Waals surface area contributed by atoms with Crippen LogP contribution < -0.4 is 14.5 Å². The molecule has 1 amide bonds. The zero-order valence-electron chi connectivity index (χ0n) is 27.3. The monoisotopic (exact) mass is 642 g/mol. The summed E-state index contributed by atoms with van der Waals surface area (Å²) in [5.74, 6) is 0.785. The molecule has 6 heterocycles. The zero-order valence-corrected chi connectivity index (χ0v) is 27.3. The summed E-state index contributed by atoms with van der Waals surface area (Å²) in [5, 5.41) is 0. The first kappa shape index (κ1) is 31.3. The van der Waals surface area contributed by atoms with Gasteiger partial charge in [-0.3, -0.25) is 9.80 Å². The van der Waals surface area contributed by atoms with Crippen molar-refractivity contribution in [3.8, 4) is 6.01 Å². The Morgan fingerprint density at radius 3 is 2.35 bits per heavy atom. The number of alkyl halides is 3. The van der Waals surface area contributed by atoms with Gasteiger partial charge in [0.25, 0.3) is 0 Å². The van der Waals surface area contributed by atoms with Gasteiger partial charge in [0, 0.05) is 30.9 Å². The Bertz CT molecular complexity index is 1470. The Morgan fingerprint density at radius 2 is 1.70 bits per heavy atom. The van der Waals surface area contributed by atoms with E-state index in [9.17, 15) is 18.0 Å². The quantitative estimate of drug-likeness (QED) is 0.396. The summed E-state index contributed by atoms with van der Waals surface area (Å²) in [5.41, 5.74) is 0.878. The van der Waals surface area contributed by atoms with Crippen molar-refractivity contribution in [1.82, 2.24) is 19.8 Å². The molecule has 5 aliphatic rings. The van der Waals surface area contributed by atoms with E-state index < -0.39 is 17.3 Å². The van der Waals surface area contributed by atoms with Crippen molar-refractivity contribution in [2.24, 2.45) is 0 Å². The molecule has 4 saturated heterocycles. The van der Waals surface area contributed by atoms with Crippen molar-refractivity contribution < 1.29 is 27.4 Å². The molecule has 2 bridgehead atoms. The smallest absolute Gasteiger partial charge is 0.418 e. The molecule has 0 spiro atoms. The molecule has 2 aromatic rings. The highest BCUT2D eigenvalue weighted by Crippen LogP contribution is 2.43. The summed E-state index contributed by atoms with van der Waals surface area (Å²) in [6.07, 6.45) is 2.01. The van der Waals surface area contributed by atoms with E-state index in [-0.39, 0.29) is 47.5 Å². The van der Waals surface area contributed by atoms with Crippen molar-refractivity contribution in [2.75, 3.05) is 49.1 Å². The number of halogens is 3. The van der Waals surface area contributed by atoms with Crippen LogP contribution in [0.3, 0.4) is 0 Å². The van der Waals surface area contributed by atoms with Crippen LogP contribution in [0.25, 0.3) is 0 Å². The highest BCUT2D eigenvalue weighted by molar-refractivity contribution is 5.70. The van der Waals surface area contributed by atoms with E-state index in [0.29, 0.717) is 38.4 Å². The maximum absolute atomic E-state index is 14.2. The van der Waals surface area contributed by atoms with Gasteiger partial charge in [-0.2, -0.15) is 23.1 Å². The Morgan fingerprint density at radius 1 is 1.00 bits per heavy atom. The van der Waals surface area contributed by atoms with Crippen LogP contribution in [-0.4, -0.2) is 88.4 Å². The number of benzene rings is 1. The predicted molar refractivity (Wildman–Crippen MR) is 168 cm³/mol. The molecule has 0 N–H and O–H groups in total. The number of rotatable bonds is 5. The van der Waals surface area contributed by atoms with Crippen LogP contribution >= 0.6 is 0 Å². The van der Waals surface area contributed by atoms with Crippen LogP contribution in [0.2, 0.25) is 0 Å². The van der Waals surface area contributed by atoms with Crippen molar-refractivity contribution in [3.05, 3.63) is 40.6 Å². The number of hydrogen-bond acceptors (Lipinski definition) is 8. The van der Waals surface area contributed by atoms with Gasteiger partial charge in [0.05, 0.1) is 35.4 Å². The lowest BCUT2D eigenvalue weighted by Gasteiger charge is -2.43. The maximum atomic E-state index is 14.2. The van der Waals surface area contributed by atoms with Crippen molar-refractivity contribution in [2.45, 2.75) is 109 Å². The van der Waals surface area contributed by atoms with Crippen LogP contribution in [0.5, 0.6) is 6.01 Å². The minimum Gasteiger partial charge on any atom is -0.461 e. The third-order valence-corrected chi connectivity index (χ3v) is 10.6. The molecule has 0 saturated carbocycles. The SMILES string of the molecule is Cc1cccc(N2CCc3c(nc(OCC45CCCN4CCC5)nc3N3CC4CCC(C3)N4C(=O)OC(C)(C)C)C2)c1C(F)(F)F. The number of amides is 1. The van der Waals surface area contributed by atoms with Gasteiger partial charge in [0.1, 0.15) is 18.0 Å². The van der Waals surface area contributed by atoms with E-state index in [2.05, 4.69) is 9.80 Å². The molecule has 250 valence electrons. The van der Waals surface area contributed by atoms with Gasteiger partial charge in [-0.05, 0) is 97.4 Å². The summed E-state index contributed by atoms with van der Waals surface area (Å²) < 4.78 is 54.9. The summed E-state index contributed by atoms with van der Waals surface area (Å²) in [6.45, 7) is 11.7. The van der Waals surface area contributed by atoms with E-state index in [4.69, 9.17) is 19.4 Å². The predicted octanol–water partition coefficient (Wildman–Crippen LogP) is 5.96. The van der Waals surface area contributed by atoms with Gasteiger partial charge in [0.2, 0.25) is 0 Å². The van der Waals surface area contributed by atoms with Gasteiger partial charge < -0.3 is 19.3 Å². The Kier molecular flexibility index (Phi) is 7.80. The van der Waals surface area contributed by atoms with Crippen molar-refractivity contribution >= 4 is 17.6 Å². The van der Waals surface area contributed by atoms with E-state index in [0.717, 1.165) is 63.0 Å². The summed E-state index contributed by atoms with van der Waals surface area (Å²) in [4.78, 5) is 31.5. The largest absolute Gasteiger partial charge is 0.461 e. The Labute approximate surface area is 269 Å². The fourth-order valence-electron chi connectivity index (χ4n) is 8.55. The lowest BCUT2D eigenvalue weighted by atomic mass is 9.95. The van der Waals surface area contributed by atoms with Crippen LogP contribution in [-0.2, 0) is 23.9 Å². The Hall–Kier alpha value is -3.28. The molecule has 9 nitrogen and oxygen atoms in total. The molecule has 46 heavy (non-hydrogen) atoms. The van der Waals surface area contributed by atoms with E-state index >= 15 is 0 Å². The second-order valence-electron chi connectivity index (χ2n) is 14.8. The fraction of sp³-hybridized carbons (Fsp3) is 0.676. The lowest BCUT2D eigenvalue weighted by molar-refractivity contribution is -0.137. The summed E-state index contributed by atoms with van der Waals surface area (Å²) in [6, 6.07) is 5.03. The number of anilines is 2. The van der Waals surface area contributed by atoms with Gasteiger partial charge in [-0.15, -0.1) is 0 Å². The van der Waals surface area contributed by atoms with Crippen molar-refractivity contribution in [3.63, 3.8) is 0 Å². The van der Waals surface area contributed by atoms with Crippen LogP contribution in [0.15, 0.2) is 18.2 Å². The normalized spacial score (nSPS) is 24.3. The topological polar surface area (TPSA) is 74.3 Å². The van der Waals surface area contributed by atoms with Crippen LogP contribution in [0, 0.1) is 6.92 Å². The average Bonchev–Trinajstić information content (AvgIpc) is 3.64. The molecule has 7 rings (SSSR count). The number of carbonyl (C=O) groups excluding carboxylic acids is 1. The number of hydrogen-bond donors (Lipinski definition) is 0. The minimum absolute atomic E-state index is 0.00487. The van der Waals surface area contributed by atoms with E-state index in [1.54, 1.807) is 17.0 Å². The average molecular weight is 643 g/mol. The number of nitrogens with zero attached hydrogens (tertiary/aromatic N) is 6. The second kappa shape index (κ2) is 11.5. The highest BCUT2D eigenvalue weighted by Gasteiger charge is 2.47. The molecule has 12 heteroatoms. The molecule has 2 unspecified atom stereocenters. The molecule has 0 radical (unpaired) electrons. The fourth-order valence-corrected chi connectivity index (χ4v) is 8.55. The standard InChI is InChI=1S/C34H45F3N6O3/c1-22-8-5-9-27(28(22)34(35,36)37)40-17-12-25-26(20-40)38-30(45-21-33-13-6-15-42(33)16-7-14-33)39-29(25)41-18-23-10-11-24(19-41)43(23)31(44)46-32(2,3)4/h5,8-9,23-24H,6-7,10-21H2,1-4H3. The second-order valence-corrected chi connectivity index (χ2v) is 14.8. The number of ether oxygens (including phenoxy) is 2. The van der Waals surface area contributed by atoms with E-state index in [1.165, 1.54) is 13.0 Å². The van der Waals surface area contributed by atoms with Gasteiger partial charge in [-0.25, -0.2) is 4.79 Å². The van der Waals surface area contributed by atoms with Gasteiger partial charge in [0.15, 0.2) is 0 Å². The molecular weight excluding hydrogens is 597 g/mol. The highest BCUT2D eigenvalue weighted by atomic mass is 19.4. The molecule has 1 aromatic carbocycles. The molecule has 2 atom stereocenters. The van der Waals surface area contributed by atoms with Crippen LogP contribution in [0.1, 0.15) is 81.7 Å². The summed E-state index contributed by atoms with van der Waals surface area (Å²) >= 11 is 0. The first-order chi connectivity index (χ1) is 21.8. The third-order valence-electron chi connectivity index (χ3n) is 10.6. The number of piperazine rings is 1. The van der Waals surface area contributed by atoms with Gasteiger partial charge in [-0.1, -0.05) is 12.1 Å². The first-order valence-electron chi connectivity index (χ1n) is 16.8. The molecular formula is C34H45F3N6O3. The van der Waals surface area contributed by atoms with Gasteiger partial charge >= 0.3 is 18.3 Å². The van der Waals surface area contributed by atoms with E-state index in [1.807, 2.05) is 25.7 Å².